The van der Waals surface area contributed by atoms with Crippen LogP contribution >= 0.6 is 0 Å². The molecule has 0 aromatic rings. The summed E-state index contributed by atoms with van der Waals surface area (Å²) in [4.78, 5) is 22.7. The van der Waals surface area contributed by atoms with Gasteiger partial charge >= 0.3 is 5.97 Å². The van der Waals surface area contributed by atoms with Gasteiger partial charge in [0.05, 0.1) is 25.2 Å². The number of carboxylic acids is 1. The highest BCUT2D eigenvalue weighted by Gasteiger charge is 2.41. The molecule has 1 unspecified atom stereocenters. The monoisotopic (exact) mass is 273 g/mol. The second-order valence-electron chi connectivity index (χ2n) is 4.90. The Bertz CT molecular complexity index is 314. The third-order valence-electron chi connectivity index (χ3n) is 3.36. The smallest absolute Gasteiger partial charge is 0.305 e. The quantitative estimate of drug-likeness (QED) is 0.611. The number of aliphatic carboxylic acids is 1. The van der Waals surface area contributed by atoms with E-state index in [0.717, 1.165) is 19.3 Å². The summed E-state index contributed by atoms with van der Waals surface area (Å²) in [5.41, 5.74) is -0.569. The third-order valence-corrected chi connectivity index (χ3v) is 3.36. The Labute approximate surface area is 113 Å². The molecule has 1 aliphatic carbocycles. The maximum Gasteiger partial charge on any atom is 0.305 e. The first-order chi connectivity index (χ1) is 8.99. The third kappa shape index (κ3) is 5.16. The normalized spacial score (nSPS) is 18.4. The van der Waals surface area contributed by atoms with Crippen LogP contribution in [0.1, 0.15) is 39.5 Å². The average Bonchev–Trinajstić information content (AvgIpc) is 2.30. The molecule has 6 heteroatoms. The highest BCUT2D eigenvalue weighted by atomic mass is 16.5. The predicted octanol–water partition coefficient (Wildman–Crippen LogP) is 0.942. The Morgan fingerprint density at radius 3 is 2.53 bits per heavy atom. The van der Waals surface area contributed by atoms with Gasteiger partial charge in [-0.2, -0.15) is 0 Å². The summed E-state index contributed by atoms with van der Waals surface area (Å²) in [6.07, 6.45) is 1.78. The zero-order valence-electron chi connectivity index (χ0n) is 11.6. The standard InChI is InChI=1S/C13H23NO5/c1-3-18-7-8-19-10(2)12(17)14-13(5-4-6-13)9-11(15)16/h10H,3-9H2,1-2H3,(H,14,17)(H,15,16). The highest BCUT2D eigenvalue weighted by Crippen LogP contribution is 2.35. The van der Waals surface area contributed by atoms with Crippen LogP contribution < -0.4 is 5.32 Å². The van der Waals surface area contributed by atoms with Crippen LogP contribution in [0.25, 0.3) is 0 Å². The molecule has 0 saturated heterocycles. The molecule has 1 fully saturated rings. The molecule has 0 spiro atoms. The summed E-state index contributed by atoms with van der Waals surface area (Å²) >= 11 is 0. The van der Waals surface area contributed by atoms with E-state index in [2.05, 4.69) is 5.32 Å². The van der Waals surface area contributed by atoms with Crippen molar-refractivity contribution in [3.05, 3.63) is 0 Å². The van der Waals surface area contributed by atoms with Crippen LogP contribution in [0.2, 0.25) is 0 Å². The minimum Gasteiger partial charge on any atom is -0.481 e. The van der Waals surface area contributed by atoms with Gasteiger partial charge in [0.25, 0.3) is 0 Å². The van der Waals surface area contributed by atoms with Crippen molar-refractivity contribution in [2.75, 3.05) is 19.8 Å². The van der Waals surface area contributed by atoms with Crippen LogP contribution in [-0.2, 0) is 19.1 Å². The fourth-order valence-electron chi connectivity index (χ4n) is 2.11. The van der Waals surface area contributed by atoms with Gasteiger partial charge in [-0.1, -0.05) is 0 Å². The molecule has 0 radical (unpaired) electrons. The second kappa shape index (κ2) is 7.45. The lowest BCUT2D eigenvalue weighted by Crippen LogP contribution is -2.57. The number of carbonyl (C=O) groups is 2. The Kier molecular flexibility index (Phi) is 6.24. The summed E-state index contributed by atoms with van der Waals surface area (Å²) in [7, 11) is 0. The van der Waals surface area contributed by atoms with Gasteiger partial charge in [-0.05, 0) is 33.1 Å². The van der Waals surface area contributed by atoms with Crippen LogP contribution in [-0.4, -0.2) is 48.4 Å². The van der Waals surface area contributed by atoms with Crippen molar-refractivity contribution in [3.8, 4) is 0 Å². The minimum absolute atomic E-state index is 0.0234. The van der Waals surface area contributed by atoms with Crippen molar-refractivity contribution in [1.29, 1.82) is 0 Å². The van der Waals surface area contributed by atoms with Gasteiger partial charge in [-0.3, -0.25) is 9.59 Å². The molecule has 1 saturated carbocycles. The largest absolute Gasteiger partial charge is 0.481 e. The predicted molar refractivity (Wildman–Crippen MR) is 68.9 cm³/mol. The van der Waals surface area contributed by atoms with Gasteiger partial charge in [-0.25, -0.2) is 0 Å². The maximum atomic E-state index is 11.9. The Hall–Kier alpha value is -1.14. The molecule has 0 heterocycles. The van der Waals surface area contributed by atoms with Crippen molar-refractivity contribution < 1.29 is 24.2 Å². The summed E-state index contributed by atoms with van der Waals surface area (Å²) in [6, 6.07) is 0. The topological polar surface area (TPSA) is 84.9 Å². The number of hydrogen-bond donors (Lipinski definition) is 2. The number of carbonyl (C=O) groups excluding carboxylic acids is 1. The van der Waals surface area contributed by atoms with Gasteiger partial charge in [0.1, 0.15) is 6.10 Å². The van der Waals surface area contributed by atoms with E-state index >= 15 is 0 Å². The minimum atomic E-state index is -0.884. The summed E-state index contributed by atoms with van der Waals surface area (Å²) in [5, 5.41) is 11.7. The van der Waals surface area contributed by atoms with Crippen molar-refractivity contribution in [3.63, 3.8) is 0 Å². The molecule has 1 atom stereocenters. The lowest BCUT2D eigenvalue weighted by Gasteiger charge is -2.42. The average molecular weight is 273 g/mol. The van der Waals surface area contributed by atoms with E-state index in [4.69, 9.17) is 14.6 Å². The highest BCUT2D eigenvalue weighted by molar-refractivity contribution is 5.82. The van der Waals surface area contributed by atoms with Crippen molar-refractivity contribution >= 4 is 11.9 Å². The van der Waals surface area contributed by atoms with Gasteiger partial charge in [-0.15, -0.1) is 0 Å². The molecule has 0 aromatic carbocycles. The van der Waals surface area contributed by atoms with Crippen molar-refractivity contribution in [1.82, 2.24) is 5.32 Å². The first kappa shape index (κ1) is 15.9. The number of amides is 1. The van der Waals surface area contributed by atoms with E-state index < -0.39 is 17.6 Å². The van der Waals surface area contributed by atoms with Crippen molar-refractivity contribution in [2.24, 2.45) is 0 Å². The molecule has 19 heavy (non-hydrogen) atoms. The molecule has 1 aliphatic rings. The van der Waals surface area contributed by atoms with E-state index in [9.17, 15) is 9.59 Å². The van der Waals surface area contributed by atoms with Crippen LogP contribution in [0.4, 0.5) is 0 Å². The zero-order valence-corrected chi connectivity index (χ0v) is 11.6. The Morgan fingerprint density at radius 1 is 1.37 bits per heavy atom. The van der Waals surface area contributed by atoms with Gasteiger partial charge < -0.3 is 19.9 Å². The number of nitrogens with one attached hydrogen (secondary N) is 1. The molecule has 0 bridgehead atoms. The molecule has 1 amide bonds. The van der Waals surface area contributed by atoms with Crippen LogP contribution in [0.3, 0.4) is 0 Å². The van der Waals surface area contributed by atoms with Crippen molar-refractivity contribution in [2.45, 2.75) is 51.2 Å². The first-order valence-corrected chi connectivity index (χ1v) is 6.72. The lowest BCUT2D eigenvalue weighted by atomic mass is 9.74. The van der Waals surface area contributed by atoms with Gasteiger partial charge in [0, 0.05) is 6.61 Å². The maximum absolute atomic E-state index is 11.9. The van der Waals surface area contributed by atoms with Crippen LogP contribution in [0.5, 0.6) is 0 Å². The first-order valence-electron chi connectivity index (χ1n) is 6.72. The van der Waals surface area contributed by atoms with E-state index in [0.29, 0.717) is 19.8 Å². The Morgan fingerprint density at radius 2 is 2.05 bits per heavy atom. The summed E-state index contributed by atoms with van der Waals surface area (Å²) < 4.78 is 10.5. The van der Waals surface area contributed by atoms with E-state index in [1.807, 2.05) is 6.92 Å². The number of carboxylic acid groups (broad SMARTS) is 1. The molecule has 1 rings (SSSR count). The van der Waals surface area contributed by atoms with E-state index in [1.54, 1.807) is 6.92 Å². The fourth-order valence-corrected chi connectivity index (χ4v) is 2.11. The molecule has 0 aromatic heterocycles. The van der Waals surface area contributed by atoms with E-state index in [1.165, 1.54) is 0 Å². The van der Waals surface area contributed by atoms with Gasteiger partial charge in [0.15, 0.2) is 0 Å². The Balaban J connectivity index is 2.33. The molecule has 2 N–H and O–H groups in total. The van der Waals surface area contributed by atoms with Crippen LogP contribution in [0, 0.1) is 0 Å². The lowest BCUT2D eigenvalue weighted by molar-refractivity contribution is -0.142. The molecule has 6 nitrogen and oxygen atoms in total. The number of rotatable bonds is 9. The number of ether oxygens (including phenoxy) is 2. The second-order valence-corrected chi connectivity index (χ2v) is 4.90. The summed E-state index contributed by atoms with van der Waals surface area (Å²) in [6.45, 7) is 4.98. The molecule has 110 valence electrons. The van der Waals surface area contributed by atoms with E-state index in [-0.39, 0.29) is 12.3 Å². The van der Waals surface area contributed by atoms with Crippen LogP contribution in [0.15, 0.2) is 0 Å². The van der Waals surface area contributed by atoms with Gasteiger partial charge in [0.2, 0.25) is 5.91 Å². The molecule has 0 aliphatic heterocycles. The fraction of sp³-hybridized carbons (Fsp3) is 0.846. The summed E-state index contributed by atoms with van der Waals surface area (Å²) in [5.74, 6) is -1.14. The molecular weight excluding hydrogens is 250 g/mol. The number of hydrogen-bond acceptors (Lipinski definition) is 4. The SMILES string of the molecule is CCOCCOC(C)C(=O)NC1(CC(=O)O)CCC1. The molecular formula is C13H23NO5. The zero-order chi connectivity index (χ0) is 14.3.